The third-order valence-electron chi connectivity index (χ3n) is 7.78. The van der Waals surface area contributed by atoms with Crippen LogP contribution in [0.25, 0.3) is 21.8 Å². The quantitative estimate of drug-likeness (QED) is 0.257. The molecule has 0 atom stereocenters. The predicted molar refractivity (Wildman–Crippen MR) is 157 cm³/mol. The first-order valence-electron chi connectivity index (χ1n) is 13.7. The summed E-state index contributed by atoms with van der Waals surface area (Å²) in [5, 5.41) is 8.84. The average Bonchev–Trinajstić information content (AvgIpc) is 3.24. The Labute approximate surface area is 231 Å². The summed E-state index contributed by atoms with van der Waals surface area (Å²) >= 11 is 0. The van der Waals surface area contributed by atoms with Gasteiger partial charge in [-0.3, -0.25) is 9.59 Å². The molecule has 0 bridgehead atoms. The smallest absolute Gasteiger partial charge is 0.282 e. The van der Waals surface area contributed by atoms with Gasteiger partial charge < -0.3 is 9.88 Å². The van der Waals surface area contributed by atoms with Crippen molar-refractivity contribution in [2.45, 2.75) is 51.5 Å². The van der Waals surface area contributed by atoms with Crippen molar-refractivity contribution in [1.29, 1.82) is 0 Å². The molecule has 0 unspecified atom stereocenters. The Morgan fingerprint density at radius 3 is 2.50 bits per heavy atom. The van der Waals surface area contributed by atoms with Gasteiger partial charge in [0.25, 0.3) is 5.56 Å². The Morgan fingerprint density at radius 2 is 1.70 bits per heavy atom. The molecular weight excluding hydrogens is 505 g/mol. The van der Waals surface area contributed by atoms with Gasteiger partial charge in [-0.25, -0.2) is 9.37 Å². The number of carbonyl (C=O) groups excluding carboxylic acids is 1. The van der Waals surface area contributed by atoms with Crippen molar-refractivity contribution < 1.29 is 9.18 Å². The lowest BCUT2D eigenvalue weighted by Gasteiger charge is -2.22. The van der Waals surface area contributed by atoms with Crippen LogP contribution in [0.1, 0.15) is 55.1 Å². The van der Waals surface area contributed by atoms with E-state index in [0.29, 0.717) is 16.7 Å². The van der Waals surface area contributed by atoms with Gasteiger partial charge in [-0.15, -0.1) is 0 Å². The zero-order valence-corrected chi connectivity index (χ0v) is 22.3. The maximum absolute atomic E-state index is 14.1. The number of aromatic nitrogens is 3. The number of hydrogen-bond acceptors (Lipinski definition) is 4. The Bertz CT molecular complexity index is 1810. The molecule has 1 N–H and O–H groups in total. The molecule has 1 aliphatic carbocycles. The zero-order chi connectivity index (χ0) is 27.6. The van der Waals surface area contributed by atoms with Gasteiger partial charge in [-0.2, -0.15) is 9.78 Å². The molecule has 0 aliphatic heterocycles. The van der Waals surface area contributed by atoms with Crippen LogP contribution in [0.2, 0.25) is 0 Å². The van der Waals surface area contributed by atoms with Gasteiger partial charge in [0.1, 0.15) is 18.2 Å². The molecular formula is C32H30FN5O2. The molecule has 1 amide bonds. The van der Waals surface area contributed by atoms with Crippen molar-refractivity contribution in [2.75, 3.05) is 5.32 Å². The van der Waals surface area contributed by atoms with Crippen LogP contribution in [0.5, 0.6) is 0 Å². The number of amides is 1. The SMILES string of the molecule is Cc1c(C=Nn2c(C3CCCCC3)nc3ccccc3c2=O)c2ccccc2n1CC(=O)Nc1ccccc1F. The summed E-state index contributed by atoms with van der Waals surface area (Å²) in [5.74, 6) is 0.0472. The molecule has 3 aromatic carbocycles. The third kappa shape index (κ3) is 4.81. The highest BCUT2D eigenvalue weighted by Crippen LogP contribution is 2.32. The van der Waals surface area contributed by atoms with Gasteiger partial charge in [0.2, 0.25) is 5.91 Å². The summed E-state index contributed by atoms with van der Waals surface area (Å²) in [7, 11) is 0. The Balaban J connectivity index is 1.40. The van der Waals surface area contributed by atoms with Gasteiger partial charge in [-0.05, 0) is 50.1 Å². The molecule has 0 radical (unpaired) electrons. The Kier molecular flexibility index (Phi) is 6.99. The largest absolute Gasteiger partial charge is 0.335 e. The second-order valence-corrected chi connectivity index (χ2v) is 10.3. The van der Waals surface area contributed by atoms with Crippen molar-refractivity contribution in [2.24, 2.45) is 5.10 Å². The maximum Gasteiger partial charge on any atom is 0.282 e. The molecule has 8 heteroatoms. The van der Waals surface area contributed by atoms with Crippen LogP contribution in [-0.4, -0.2) is 26.3 Å². The lowest BCUT2D eigenvalue weighted by Crippen LogP contribution is -2.25. The molecule has 1 saturated carbocycles. The number of carbonyl (C=O) groups is 1. The fourth-order valence-electron chi connectivity index (χ4n) is 5.71. The van der Waals surface area contributed by atoms with E-state index in [-0.39, 0.29) is 29.6 Å². The number of halogens is 1. The first kappa shape index (κ1) is 25.7. The number of nitrogens with zero attached hydrogens (tertiary/aromatic N) is 4. The van der Waals surface area contributed by atoms with Gasteiger partial charge in [0.05, 0.1) is 22.8 Å². The third-order valence-corrected chi connectivity index (χ3v) is 7.78. The van der Waals surface area contributed by atoms with Crippen molar-refractivity contribution >= 4 is 39.6 Å². The van der Waals surface area contributed by atoms with Gasteiger partial charge in [0, 0.05) is 28.1 Å². The minimum Gasteiger partial charge on any atom is -0.335 e. The van der Waals surface area contributed by atoms with Crippen LogP contribution in [0, 0.1) is 12.7 Å². The molecule has 0 spiro atoms. The molecule has 1 aliphatic rings. The van der Waals surface area contributed by atoms with Gasteiger partial charge >= 0.3 is 0 Å². The number of anilines is 1. The minimum absolute atomic E-state index is 0.000671. The van der Waals surface area contributed by atoms with E-state index in [2.05, 4.69) is 5.32 Å². The predicted octanol–water partition coefficient (Wildman–Crippen LogP) is 6.37. The highest BCUT2D eigenvalue weighted by atomic mass is 19.1. The molecule has 7 nitrogen and oxygen atoms in total. The van der Waals surface area contributed by atoms with Crippen molar-refractivity contribution in [1.82, 2.24) is 14.2 Å². The maximum atomic E-state index is 14.1. The van der Waals surface area contributed by atoms with Crippen LogP contribution < -0.4 is 10.9 Å². The van der Waals surface area contributed by atoms with Crippen LogP contribution in [0.4, 0.5) is 10.1 Å². The lowest BCUT2D eigenvalue weighted by atomic mass is 9.88. The Morgan fingerprint density at radius 1 is 1.00 bits per heavy atom. The molecule has 6 rings (SSSR count). The second-order valence-electron chi connectivity index (χ2n) is 10.3. The average molecular weight is 536 g/mol. The van der Waals surface area contributed by atoms with E-state index in [1.54, 1.807) is 24.4 Å². The lowest BCUT2D eigenvalue weighted by molar-refractivity contribution is -0.116. The molecule has 202 valence electrons. The Hall–Kier alpha value is -4.59. The fraction of sp³-hybridized carbons (Fsp3) is 0.250. The molecule has 5 aromatic rings. The van der Waals surface area contributed by atoms with Crippen LogP contribution in [0.15, 0.2) is 82.7 Å². The number of rotatable bonds is 6. The van der Waals surface area contributed by atoms with E-state index >= 15 is 0 Å². The first-order valence-corrected chi connectivity index (χ1v) is 13.7. The highest BCUT2D eigenvalue weighted by molar-refractivity contribution is 6.02. The van der Waals surface area contributed by atoms with E-state index < -0.39 is 5.82 Å². The molecule has 2 aromatic heterocycles. The molecule has 1 fully saturated rings. The van der Waals surface area contributed by atoms with E-state index in [0.717, 1.165) is 47.8 Å². The van der Waals surface area contributed by atoms with E-state index in [1.807, 2.05) is 54.0 Å². The summed E-state index contributed by atoms with van der Waals surface area (Å²) in [4.78, 5) is 31.5. The van der Waals surface area contributed by atoms with Gasteiger partial charge in [-0.1, -0.05) is 61.7 Å². The molecule has 2 heterocycles. The topological polar surface area (TPSA) is 81.3 Å². The van der Waals surface area contributed by atoms with E-state index in [4.69, 9.17) is 10.1 Å². The summed E-state index contributed by atoms with van der Waals surface area (Å²) < 4.78 is 17.5. The van der Waals surface area contributed by atoms with E-state index in [1.165, 1.54) is 23.2 Å². The van der Waals surface area contributed by atoms with Crippen molar-refractivity contribution in [3.8, 4) is 0 Å². The summed E-state index contributed by atoms with van der Waals surface area (Å²) in [6.45, 7) is 1.92. The van der Waals surface area contributed by atoms with Crippen LogP contribution in [0.3, 0.4) is 0 Å². The number of hydrogen-bond donors (Lipinski definition) is 1. The monoisotopic (exact) mass is 535 g/mol. The molecule has 0 saturated heterocycles. The molecule has 40 heavy (non-hydrogen) atoms. The normalized spacial score (nSPS) is 14.3. The van der Waals surface area contributed by atoms with Crippen LogP contribution >= 0.6 is 0 Å². The summed E-state index contributed by atoms with van der Waals surface area (Å²) in [5.41, 5.74) is 3.11. The van der Waals surface area contributed by atoms with Gasteiger partial charge in [0.15, 0.2) is 0 Å². The van der Waals surface area contributed by atoms with E-state index in [9.17, 15) is 14.0 Å². The van der Waals surface area contributed by atoms with Crippen molar-refractivity contribution in [3.05, 3.63) is 106 Å². The highest BCUT2D eigenvalue weighted by Gasteiger charge is 2.23. The first-order chi connectivity index (χ1) is 19.5. The summed E-state index contributed by atoms with van der Waals surface area (Å²) in [6.07, 6.45) is 7.08. The number of fused-ring (bicyclic) bond motifs is 2. The number of para-hydroxylation sites is 3. The fourth-order valence-corrected chi connectivity index (χ4v) is 5.71. The van der Waals surface area contributed by atoms with Crippen molar-refractivity contribution in [3.63, 3.8) is 0 Å². The number of nitrogens with one attached hydrogen (secondary N) is 1. The second kappa shape index (κ2) is 10.9. The number of benzene rings is 3. The standard InChI is InChI=1S/C32H30FN5O2/c1-21-25(23-13-6-10-18-29(23)37(21)20-30(39)35-28-17-9-7-15-26(28)33)19-34-38-31(22-11-3-2-4-12-22)36-27-16-8-5-14-24(27)32(38)40/h5-10,13-19,22H,2-4,11-12,20H2,1H3,(H,35,39). The van der Waals surface area contributed by atoms with Crippen LogP contribution in [-0.2, 0) is 11.3 Å². The summed E-state index contributed by atoms with van der Waals surface area (Å²) in [6, 6.07) is 21.2. The minimum atomic E-state index is -0.485. The zero-order valence-electron chi connectivity index (χ0n) is 22.3.